The Morgan fingerprint density at radius 1 is 1.62 bits per heavy atom. The quantitative estimate of drug-likeness (QED) is 0.595. The predicted molar refractivity (Wildman–Crippen MR) is 50.3 cm³/mol. The molecular weight excluding hydrogens is 168 g/mol. The van der Waals surface area contributed by atoms with Gasteiger partial charge >= 0.3 is 0 Å². The van der Waals surface area contributed by atoms with Gasteiger partial charge in [0.2, 0.25) is 5.91 Å². The van der Waals surface area contributed by atoms with Crippen LogP contribution < -0.4 is 11.1 Å². The third kappa shape index (κ3) is 2.67. The molecule has 4 nitrogen and oxygen atoms in total. The molecular formula is C9H18N2O2. The second-order valence-electron chi connectivity index (χ2n) is 3.46. The van der Waals surface area contributed by atoms with Gasteiger partial charge in [-0.15, -0.1) is 0 Å². The first-order valence-corrected chi connectivity index (χ1v) is 4.84. The van der Waals surface area contributed by atoms with Gasteiger partial charge in [-0.05, 0) is 26.2 Å². The fourth-order valence-electron chi connectivity index (χ4n) is 1.34. The lowest BCUT2D eigenvalue weighted by Crippen LogP contribution is -2.58. The Hall–Kier alpha value is -0.610. The SMILES string of the molecule is CCOCCNC(=O)C1(N)CCC1. The van der Waals surface area contributed by atoms with Crippen LogP contribution in [0.25, 0.3) is 0 Å². The molecule has 0 aromatic rings. The number of carbonyl (C=O) groups is 1. The van der Waals surface area contributed by atoms with Gasteiger partial charge in [-0.3, -0.25) is 4.79 Å². The van der Waals surface area contributed by atoms with E-state index in [2.05, 4.69) is 5.32 Å². The number of ether oxygens (including phenoxy) is 1. The van der Waals surface area contributed by atoms with Crippen molar-refractivity contribution in [1.29, 1.82) is 0 Å². The molecule has 1 rings (SSSR count). The summed E-state index contributed by atoms with van der Waals surface area (Å²) < 4.78 is 5.09. The van der Waals surface area contributed by atoms with Crippen molar-refractivity contribution in [1.82, 2.24) is 5.32 Å². The van der Waals surface area contributed by atoms with Crippen LogP contribution in [0.2, 0.25) is 0 Å². The number of nitrogens with two attached hydrogens (primary N) is 1. The fourth-order valence-corrected chi connectivity index (χ4v) is 1.34. The second kappa shape index (κ2) is 4.58. The zero-order valence-corrected chi connectivity index (χ0v) is 8.14. The first-order chi connectivity index (χ1) is 6.19. The minimum atomic E-state index is -0.577. The van der Waals surface area contributed by atoms with E-state index < -0.39 is 5.54 Å². The van der Waals surface area contributed by atoms with Gasteiger partial charge in [0.15, 0.2) is 0 Å². The van der Waals surface area contributed by atoms with E-state index in [-0.39, 0.29) is 5.91 Å². The summed E-state index contributed by atoms with van der Waals surface area (Å²) in [5.41, 5.74) is 5.23. The highest BCUT2D eigenvalue weighted by Gasteiger charge is 2.39. The number of amides is 1. The largest absolute Gasteiger partial charge is 0.380 e. The standard InChI is InChI=1S/C9H18N2O2/c1-2-13-7-6-11-8(12)9(10)4-3-5-9/h2-7,10H2,1H3,(H,11,12). The van der Waals surface area contributed by atoms with Crippen molar-refractivity contribution in [3.8, 4) is 0 Å². The highest BCUT2D eigenvalue weighted by atomic mass is 16.5. The van der Waals surface area contributed by atoms with Gasteiger partial charge in [0, 0.05) is 13.2 Å². The van der Waals surface area contributed by atoms with Gasteiger partial charge in [-0.1, -0.05) is 0 Å². The van der Waals surface area contributed by atoms with E-state index in [1.807, 2.05) is 6.92 Å². The van der Waals surface area contributed by atoms with Crippen LogP contribution in [0.5, 0.6) is 0 Å². The summed E-state index contributed by atoms with van der Waals surface area (Å²) in [6.45, 7) is 3.74. The molecule has 1 fully saturated rings. The highest BCUT2D eigenvalue weighted by molar-refractivity contribution is 5.86. The van der Waals surface area contributed by atoms with Gasteiger partial charge in [0.05, 0.1) is 12.1 Å². The third-order valence-corrected chi connectivity index (χ3v) is 2.43. The van der Waals surface area contributed by atoms with E-state index in [9.17, 15) is 4.79 Å². The molecule has 0 atom stereocenters. The van der Waals surface area contributed by atoms with Crippen molar-refractivity contribution in [2.45, 2.75) is 31.7 Å². The van der Waals surface area contributed by atoms with Crippen molar-refractivity contribution < 1.29 is 9.53 Å². The summed E-state index contributed by atoms with van der Waals surface area (Å²) in [6.07, 6.45) is 2.69. The van der Waals surface area contributed by atoms with E-state index in [0.29, 0.717) is 19.8 Å². The zero-order valence-electron chi connectivity index (χ0n) is 8.14. The molecule has 1 saturated carbocycles. The van der Waals surface area contributed by atoms with Crippen LogP contribution in [0.15, 0.2) is 0 Å². The first kappa shape index (κ1) is 10.5. The van der Waals surface area contributed by atoms with E-state index in [0.717, 1.165) is 19.3 Å². The molecule has 0 heterocycles. The average Bonchev–Trinajstić information content (AvgIpc) is 2.08. The van der Waals surface area contributed by atoms with Gasteiger partial charge < -0.3 is 15.8 Å². The van der Waals surface area contributed by atoms with Crippen molar-refractivity contribution >= 4 is 5.91 Å². The zero-order chi connectivity index (χ0) is 9.73. The molecule has 0 aliphatic heterocycles. The molecule has 0 radical (unpaired) electrons. The van der Waals surface area contributed by atoms with E-state index in [1.54, 1.807) is 0 Å². The second-order valence-corrected chi connectivity index (χ2v) is 3.46. The Morgan fingerprint density at radius 3 is 2.77 bits per heavy atom. The van der Waals surface area contributed by atoms with Crippen LogP contribution >= 0.6 is 0 Å². The summed E-state index contributed by atoms with van der Waals surface area (Å²) in [7, 11) is 0. The molecule has 76 valence electrons. The van der Waals surface area contributed by atoms with Crippen molar-refractivity contribution in [2.75, 3.05) is 19.8 Å². The summed E-state index contributed by atoms with van der Waals surface area (Å²) in [5, 5.41) is 2.77. The van der Waals surface area contributed by atoms with E-state index in [4.69, 9.17) is 10.5 Å². The van der Waals surface area contributed by atoms with Gasteiger partial charge in [0.25, 0.3) is 0 Å². The maximum Gasteiger partial charge on any atom is 0.240 e. The monoisotopic (exact) mass is 186 g/mol. The summed E-state index contributed by atoms with van der Waals surface area (Å²) >= 11 is 0. The molecule has 1 aliphatic carbocycles. The normalized spacial score (nSPS) is 19.2. The van der Waals surface area contributed by atoms with Crippen molar-refractivity contribution in [3.05, 3.63) is 0 Å². The number of rotatable bonds is 5. The predicted octanol–water partition coefficient (Wildman–Crippen LogP) is 0.0205. The molecule has 0 bridgehead atoms. The van der Waals surface area contributed by atoms with E-state index in [1.165, 1.54) is 0 Å². The molecule has 0 saturated heterocycles. The van der Waals surface area contributed by atoms with Crippen LogP contribution in [-0.2, 0) is 9.53 Å². The molecule has 4 heteroatoms. The molecule has 0 aromatic carbocycles. The maximum absolute atomic E-state index is 11.4. The Bertz CT molecular complexity index is 178. The topological polar surface area (TPSA) is 64.3 Å². The van der Waals surface area contributed by atoms with Crippen LogP contribution in [0, 0.1) is 0 Å². The lowest BCUT2D eigenvalue weighted by atomic mass is 9.77. The van der Waals surface area contributed by atoms with Gasteiger partial charge in [-0.2, -0.15) is 0 Å². The van der Waals surface area contributed by atoms with Crippen LogP contribution in [0.1, 0.15) is 26.2 Å². The maximum atomic E-state index is 11.4. The summed E-state index contributed by atoms with van der Waals surface area (Å²) in [5.74, 6) is -0.0292. The molecule has 3 N–H and O–H groups in total. The summed E-state index contributed by atoms with van der Waals surface area (Å²) in [6, 6.07) is 0. The minimum absolute atomic E-state index is 0.0292. The van der Waals surface area contributed by atoms with Crippen LogP contribution in [0.4, 0.5) is 0 Å². The Labute approximate surface area is 78.8 Å². The number of nitrogens with one attached hydrogen (secondary N) is 1. The molecule has 0 spiro atoms. The third-order valence-electron chi connectivity index (χ3n) is 2.43. The van der Waals surface area contributed by atoms with Gasteiger partial charge in [-0.25, -0.2) is 0 Å². The fraction of sp³-hybridized carbons (Fsp3) is 0.889. The average molecular weight is 186 g/mol. The first-order valence-electron chi connectivity index (χ1n) is 4.84. The lowest BCUT2D eigenvalue weighted by molar-refractivity contribution is -0.129. The smallest absolute Gasteiger partial charge is 0.240 e. The van der Waals surface area contributed by atoms with Crippen LogP contribution in [0.3, 0.4) is 0 Å². The molecule has 13 heavy (non-hydrogen) atoms. The molecule has 0 unspecified atom stereocenters. The lowest BCUT2D eigenvalue weighted by Gasteiger charge is -2.36. The minimum Gasteiger partial charge on any atom is -0.380 e. The van der Waals surface area contributed by atoms with Crippen LogP contribution in [-0.4, -0.2) is 31.2 Å². The van der Waals surface area contributed by atoms with Crippen molar-refractivity contribution in [3.63, 3.8) is 0 Å². The molecule has 1 aliphatic rings. The number of hydrogen-bond donors (Lipinski definition) is 2. The Morgan fingerprint density at radius 2 is 2.31 bits per heavy atom. The van der Waals surface area contributed by atoms with E-state index >= 15 is 0 Å². The van der Waals surface area contributed by atoms with Crippen molar-refractivity contribution in [2.24, 2.45) is 5.73 Å². The molecule has 1 amide bonds. The Balaban J connectivity index is 2.10. The number of hydrogen-bond acceptors (Lipinski definition) is 3. The van der Waals surface area contributed by atoms with Gasteiger partial charge in [0.1, 0.15) is 0 Å². The molecule has 0 aromatic heterocycles. The highest BCUT2D eigenvalue weighted by Crippen LogP contribution is 2.28. The Kier molecular flexibility index (Phi) is 3.69. The number of carbonyl (C=O) groups excluding carboxylic acids is 1. The summed E-state index contributed by atoms with van der Waals surface area (Å²) in [4.78, 5) is 11.4.